The van der Waals surface area contributed by atoms with Crippen molar-refractivity contribution in [2.75, 3.05) is 0 Å². The van der Waals surface area contributed by atoms with Crippen molar-refractivity contribution in [2.45, 2.75) is 12.6 Å². The molecule has 0 aliphatic carbocycles. The summed E-state index contributed by atoms with van der Waals surface area (Å²) in [4.78, 5) is 0. The first kappa shape index (κ1) is 9.39. The SMILES string of the molecule is FC(F)(F)Cc1c[c]c(Cl)cc1. The minimum absolute atomic E-state index is 0.173. The van der Waals surface area contributed by atoms with Gasteiger partial charge >= 0.3 is 6.18 Å². The maximum atomic E-state index is 11.8. The standard InChI is InChI=1S/C8H5ClF3/c9-7-3-1-6(2-4-7)5-8(10,11)12/h1-3H,5H2. The molecule has 1 rings (SSSR count). The molecule has 0 aliphatic rings. The Morgan fingerprint density at radius 3 is 2.42 bits per heavy atom. The predicted molar refractivity (Wildman–Crippen MR) is 40.0 cm³/mol. The summed E-state index contributed by atoms with van der Waals surface area (Å²) in [6.07, 6.45) is -5.09. The van der Waals surface area contributed by atoms with Crippen molar-refractivity contribution >= 4 is 11.6 Å². The quantitative estimate of drug-likeness (QED) is 0.642. The molecule has 0 saturated carbocycles. The molecule has 0 atom stereocenters. The van der Waals surface area contributed by atoms with Crippen molar-refractivity contribution in [1.29, 1.82) is 0 Å². The summed E-state index contributed by atoms with van der Waals surface area (Å²) in [5.41, 5.74) is 0.173. The molecule has 0 saturated heterocycles. The van der Waals surface area contributed by atoms with Crippen LogP contribution in [-0.2, 0) is 6.42 Å². The fourth-order valence-corrected chi connectivity index (χ4v) is 0.897. The van der Waals surface area contributed by atoms with Crippen LogP contribution in [0.1, 0.15) is 5.56 Å². The number of benzene rings is 1. The molecule has 65 valence electrons. The van der Waals surface area contributed by atoms with Crippen molar-refractivity contribution < 1.29 is 13.2 Å². The topological polar surface area (TPSA) is 0 Å². The van der Waals surface area contributed by atoms with E-state index in [9.17, 15) is 13.2 Å². The van der Waals surface area contributed by atoms with Crippen molar-refractivity contribution in [3.63, 3.8) is 0 Å². The number of hydrogen-bond donors (Lipinski definition) is 0. The molecule has 0 spiro atoms. The summed E-state index contributed by atoms with van der Waals surface area (Å²) in [5, 5.41) is 0.320. The molecule has 0 bridgehead atoms. The van der Waals surface area contributed by atoms with Crippen LogP contribution in [-0.4, -0.2) is 6.18 Å². The molecule has 1 aromatic carbocycles. The van der Waals surface area contributed by atoms with Gasteiger partial charge in [0.25, 0.3) is 0 Å². The van der Waals surface area contributed by atoms with Gasteiger partial charge in [0, 0.05) is 11.1 Å². The van der Waals surface area contributed by atoms with E-state index in [0.717, 1.165) is 0 Å². The minimum Gasteiger partial charge on any atom is -0.171 e. The summed E-state index contributed by atoms with van der Waals surface area (Å²) in [7, 11) is 0. The van der Waals surface area contributed by atoms with Crippen LogP contribution in [0.4, 0.5) is 13.2 Å². The average Bonchev–Trinajstić information content (AvgIpc) is 1.91. The maximum absolute atomic E-state index is 11.8. The smallest absolute Gasteiger partial charge is 0.171 e. The van der Waals surface area contributed by atoms with Crippen molar-refractivity contribution in [1.82, 2.24) is 0 Å². The van der Waals surface area contributed by atoms with E-state index in [0.29, 0.717) is 5.02 Å². The summed E-state index contributed by atoms with van der Waals surface area (Å²) in [6.45, 7) is 0. The average molecular weight is 194 g/mol. The lowest BCUT2D eigenvalue weighted by Crippen LogP contribution is -2.11. The molecule has 4 heteroatoms. The molecule has 0 fully saturated rings. The number of alkyl halides is 3. The van der Waals surface area contributed by atoms with E-state index in [1.165, 1.54) is 18.2 Å². The molecular weight excluding hydrogens is 189 g/mol. The van der Waals surface area contributed by atoms with Crippen LogP contribution in [0.5, 0.6) is 0 Å². The van der Waals surface area contributed by atoms with E-state index in [-0.39, 0.29) is 5.56 Å². The van der Waals surface area contributed by atoms with E-state index in [4.69, 9.17) is 11.6 Å². The van der Waals surface area contributed by atoms with Gasteiger partial charge in [0.2, 0.25) is 0 Å². The van der Waals surface area contributed by atoms with Crippen LogP contribution < -0.4 is 0 Å². The lowest BCUT2D eigenvalue weighted by atomic mass is 10.1. The van der Waals surface area contributed by atoms with Gasteiger partial charge in [0.05, 0.1) is 6.42 Å². The Bertz CT molecular complexity index is 250. The highest BCUT2D eigenvalue weighted by Gasteiger charge is 2.27. The van der Waals surface area contributed by atoms with Crippen molar-refractivity contribution in [2.24, 2.45) is 0 Å². The first-order valence-corrected chi connectivity index (χ1v) is 3.58. The lowest BCUT2D eigenvalue weighted by Gasteiger charge is -2.05. The normalized spacial score (nSPS) is 11.7. The fourth-order valence-electron chi connectivity index (χ4n) is 0.779. The Labute approximate surface area is 73.0 Å². The van der Waals surface area contributed by atoms with Crippen molar-refractivity contribution in [3.05, 3.63) is 34.9 Å². The van der Waals surface area contributed by atoms with E-state index >= 15 is 0 Å². The highest BCUT2D eigenvalue weighted by atomic mass is 35.5. The molecule has 0 unspecified atom stereocenters. The van der Waals surface area contributed by atoms with E-state index in [1.54, 1.807) is 0 Å². The number of hydrogen-bond acceptors (Lipinski definition) is 0. The highest BCUT2D eigenvalue weighted by Crippen LogP contribution is 2.21. The highest BCUT2D eigenvalue weighted by molar-refractivity contribution is 6.30. The number of halogens is 4. The summed E-state index contributed by atoms with van der Waals surface area (Å²) >= 11 is 5.45. The van der Waals surface area contributed by atoms with Gasteiger partial charge in [-0.1, -0.05) is 17.7 Å². The molecule has 0 nitrogen and oxygen atoms in total. The van der Waals surface area contributed by atoms with E-state index in [2.05, 4.69) is 6.07 Å². The first-order valence-electron chi connectivity index (χ1n) is 3.20. The van der Waals surface area contributed by atoms with Crippen LogP contribution in [0, 0.1) is 6.07 Å². The summed E-state index contributed by atoms with van der Waals surface area (Å²) in [6, 6.07) is 6.46. The molecule has 0 aliphatic heterocycles. The zero-order valence-electron chi connectivity index (χ0n) is 5.95. The first-order chi connectivity index (χ1) is 5.47. The largest absolute Gasteiger partial charge is 0.393 e. The van der Waals surface area contributed by atoms with Crippen molar-refractivity contribution in [3.8, 4) is 0 Å². The maximum Gasteiger partial charge on any atom is 0.393 e. The van der Waals surface area contributed by atoms with E-state index < -0.39 is 12.6 Å². The van der Waals surface area contributed by atoms with Crippen LogP contribution in [0.25, 0.3) is 0 Å². The third-order valence-corrected chi connectivity index (χ3v) is 1.48. The van der Waals surface area contributed by atoms with Gasteiger partial charge in [-0.05, 0) is 17.7 Å². The van der Waals surface area contributed by atoms with E-state index in [1.807, 2.05) is 0 Å². The Hall–Kier alpha value is -0.700. The molecule has 0 N–H and O–H groups in total. The molecule has 0 heterocycles. The van der Waals surface area contributed by atoms with Gasteiger partial charge in [-0.3, -0.25) is 0 Å². The molecule has 0 aromatic heterocycles. The van der Waals surface area contributed by atoms with Gasteiger partial charge in [0.1, 0.15) is 0 Å². The van der Waals surface area contributed by atoms with Crippen LogP contribution in [0.2, 0.25) is 5.02 Å². The Kier molecular flexibility index (Phi) is 2.62. The molecule has 0 amide bonds. The molecule has 1 aromatic rings. The summed E-state index contributed by atoms with van der Waals surface area (Å²) in [5.74, 6) is 0. The zero-order valence-corrected chi connectivity index (χ0v) is 6.71. The van der Waals surface area contributed by atoms with Crippen LogP contribution >= 0.6 is 11.6 Å². The van der Waals surface area contributed by atoms with Gasteiger partial charge in [-0.2, -0.15) is 13.2 Å². The third kappa shape index (κ3) is 3.13. The minimum atomic E-state index is -4.17. The fraction of sp³-hybridized carbons (Fsp3) is 0.250. The molecular formula is C8H5ClF3. The third-order valence-electron chi connectivity index (χ3n) is 1.24. The lowest BCUT2D eigenvalue weighted by molar-refractivity contribution is -0.127. The second-order valence-corrected chi connectivity index (χ2v) is 2.74. The monoisotopic (exact) mass is 193 g/mol. The van der Waals surface area contributed by atoms with Crippen LogP contribution in [0.15, 0.2) is 18.2 Å². The molecule has 12 heavy (non-hydrogen) atoms. The van der Waals surface area contributed by atoms with Gasteiger partial charge in [0.15, 0.2) is 0 Å². The van der Waals surface area contributed by atoms with Gasteiger partial charge in [-0.25, -0.2) is 0 Å². The molecule has 1 radical (unpaired) electrons. The van der Waals surface area contributed by atoms with Gasteiger partial charge < -0.3 is 0 Å². The summed E-state index contributed by atoms with van der Waals surface area (Å²) < 4.78 is 35.4. The Balaban J connectivity index is 2.71. The second-order valence-electron chi connectivity index (χ2n) is 2.34. The van der Waals surface area contributed by atoms with Gasteiger partial charge in [-0.15, -0.1) is 0 Å². The number of rotatable bonds is 1. The Morgan fingerprint density at radius 1 is 1.33 bits per heavy atom. The van der Waals surface area contributed by atoms with Crippen LogP contribution in [0.3, 0.4) is 0 Å². The second kappa shape index (κ2) is 3.35. The zero-order chi connectivity index (χ0) is 9.19. The predicted octanol–water partition coefficient (Wildman–Crippen LogP) is 3.24. The Morgan fingerprint density at radius 2 is 2.00 bits per heavy atom.